The molecule has 0 radical (unpaired) electrons. The molecule has 5 nitrogen and oxygen atoms in total. The van der Waals surface area contributed by atoms with Gasteiger partial charge in [-0.2, -0.15) is 0 Å². The molecule has 1 aliphatic rings. The van der Waals surface area contributed by atoms with Gasteiger partial charge in [-0.3, -0.25) is 4.79 Å². The van der Waals surface area contributed by atoms with Gasteiger partial charge in [0.1, 0.15) is 17.6 Å². The van der Waals surface area contributed by atoms with Gasteiger partial charge in [-0.15, -0.1) is 0 Å². The molecule has 6 heteroatoms. The maximum atomic E-state index is 13.0. The summed E-state index contributed by atoms with van der Waals surface area (Å²) in [4.78, 5) is 12.3. The molecular formula is C19H22FN3O2. The molecule has 2 aromatic carbocycles. The van der Waals surface area contributed by atoms with Crippen LogP contribution in [0.1, 0.15) is 30.5 Å². The quantitative estimate of drug-likeness (QED) is 0.754. The van der Waals surface area contributed by atoms with E-state index in [2.05, 4.69) is 16.2 Å². The number of hydrogen-bond acceptors (Lipinski definition) is 4. The first-order chi connectivity index (χ1) is 12.2. The zero-order chi connectivity index (χ0) is 17.6. The van der Waals surface area contributed by atoms with Crippen molar-refractivity contribution in [1.29, 1.82) is 0 Å². The van der Waals surface area contributed by atoms with E-state index in [9.17, 15) is 9.18 Å². The van der Waals surface area contributed by atoms with Gasteiger partial charge < -0.3 is 10.1 Å². The van der Waals surface area contributed by atoms with Crippen LogP contribution in [0.3, 0.4) is 0 Å². The Labute approximate surface area is 146 Å². The van der Waals surface area contributed by atoms with Gasteiger partial charge in [0, 0.05) is 12.6 Å². The Kier molecular flexibility index (Phi) is 5.63. The molecule has 1 amide bonds. The average Bonchev–Trinajstić information content (AvgIpc) is 3.12. The van der Waals surface area contributed by atoms with Gasteiger partial charge in [0.25, 0.3) is 0 Å². The van der Waals surface area contributed by atoms with Crippen LogP contribution >= 0.6 is 0 Å². The van der Waals surface area contributed by atoms with Crippen molar-refractivity contribution in [3.63, 3.8) is 0 Å². The Bertz CT molecular complexity index is 704. The van der Waals surface area contributed by atoms with E-state index in [1.807, 2.05) is 31.2 Å². The van der Waals surface area contributed by atoms with Crippen LogP contribution in [-0.2, 0) is 11.3 Å². The Hall–Kier alpha value is -2.44. The van der Waals surface area contributed by atoms with Crippen molar-refractivity contribution in [2.45, 2.75) is 32.0 Å². The van der Waals surface area contributed by atoms with E-state index >= 15 is 0 Å². The van der Waals surface area contributed by atoms with Gasteiger partial charge in [0.15, 0.2) is 0 Å². The number of benzene rings is 2. The Balaban J connectivity index is 1.49. The smallest absolute Gasteiger partial charge is 0.238 e. The van der Waals surface area contributed by atoms with Crippen LogP contribution in [0.2, 0.25) is 0 Å². The zero-order valence-corrected chi connectivity index (χ0v) is 14.1. The molecule has 0 bridgehead atoms. The first-order valence-electron chi connectivity index (χ1n) is 8.41. The van der Waals surface area contributed by atoms with Crippen molar-refractivity contribution in [2.24, 2.45) is 0 Å². The van der Waals surface area contributed by atoms with Crippen molar-refractivity contribution >= 4 is 5.91 Å². The molecule has 2 aromatic rings. The van der Waals surface area contributed by atoms with Crippen LogP contribution in [0.15, 0.2) is 48.5 Å². The van der Waals surface area contributed by atoms with E-state index in [4.69, 9.17) is 4.74 Å². The molecule has 2 atom stereocenters. The number of amides is 1. The topological polar surface area (TPSA) is 62.4 Å². The van der Waals surface area contributed by atoms with Crippen LogP contribution in [0.5, 0.6) is 5.75 Å². The van der Waals surface area contributed by atoms with Gasteiger partial charge in [-0.1, -0.05) is 24.3 Å². The van der Waals surface area contributed by atoms with Crippen LogP contribution in [0.4, 0.5) is 4.39 Å². The minimum absolute atomic E-state index is 0.0122. The number of hydrogen-bond donors (Lipinski definition) is 3. The third-order valence-corrected chi connectivity index (χ3v) is 4.19. The first-order valence-corrected chi connectivity index (χ1v) is 8.41. The zero-order valence-electron chi connectivity index (χ0n) is 14.1. The summed E-state index contributed by atoms with van der Waals surface area (Å²) in [7, 11) is 0. The summed E-state index contributed by atoms with van der Waals surface area (Å²) >= 11 is 0. The van der Waals surface area contributed by atoms with Crippen molar-refractivity contribution < 1.29 is 13.9 Å². The highest BCUT2D eigenvalue weighted by molar-refractivity contribution is 5.82. The van der Waals surface area contributed by atoms with Crippen LogP contribution in [-0.4, -0.2) is 18.6 Å². The van der Waals surface area contributed by atoms with Crippen LogP contribution < -0.4 is 20.9 Å². The minimum Gasteiger partial charge on any atom is -0.494 e. The third kappa shape index (κ3) is 4.55. The summed E-state index contributed by atoms with van der Waals surface area (Å²) < 4.78 is 18.4. The van der Waals surface area contributed by atoms with Crippen LogP contribution in [0, 0.1) is 5.82 Å². The summed E-state index contributed by atoms with van der Waals surface area (Å²) in [5, 5.41) is 2.93. The van der Waals surface area contributed by atoms with Gasteiger partial charge in [-0.05, 0) is 48.7 Å². The van der Waals surface area contributed by atoms with Crippen molar-refractivity contribution in [3.05, 3.63) is 65.5 Å². The van der Waals surface area contributed by atoms with E-state index in [0.29, 0.717) is 19.6 Å². The Morgan fingerprint density at radius 3 is 2.56 bits per heavy atom. The number of carbonyl (C=O) groups is 1. The Morgan fingerprint density at radius 1 is 1.16 bits per heavy atom. The number of nitrogens with one attached hydrogen (secondary N) is 3. The fourth-order valence-electron chi connectivity index (χ4n) is 2.82. The number of carbonyl (C=O) groups excluding carboxylic acids is 1. The van der Waals surface area contributed by atoms with Gasteiger partial charge >= 0.3 is 0 Å². The van der Waals surface area contributed by atoms with E-state index < -0.39 is 0 Å². The minimum atomic E-state index is -0.322. The maximum absolute atomic E-state index is 13.0. The lowest BCUT2D eigenvalue weighted by Gasteiger charge is -2.11. The van der Waals surface area contributed by atoms with Crippen molar-refractivity contribution in [1.82, 2.24) is 16.2 Å². The lowest BCUT2D eigenvalue weighted by molar-refractivity contribution is -0.123. The molecular weight excluding hydrogens is 321 g/mol. The molecule has 2 unspecified atom stereocenters. The van der Waals surface area contributed by atoms with Gasteiger partial charge in [0.2, 0.25) is 5.91 Å². The normalized spacial score (nSPS) is 19.6. The fraction of sp³-hybridized carbons (Fsp3) is 0.316. The highest BCUT2D eigenvalue weighted by atomic mass is 19.1. The van der Waals surface area contributed by atoms with E-state index in [1.54, 1.807) is 12.1 Å². The second-order valence-corrected chi connectivity index (χ2v) is 5.98. The molecule has 1 saturated heterocycles. The second-order valence-electron chi connectivity index (χ2n) is 5.98. The molecule has 1 fully saturated rings. The Morgan fingerprint density at radius 2 is 1.88 bits per heavy atom. The molecule has 0 saturated carbocycles. The summed E-state index contributed by atoms with van der Waals surface area (Å²) in [6.45, 7) is 3.03. The molecule has 0 spiro atoms. The summed E-state index contributed by atoms with van der Waals surface area (Å²) in [5.41, 5.74) is 8.07. The van der Waals surface area contributed by atoms with E-state index in [0.717, 1.165) is 16.9 Å². The summed E-state index contributed by atoms with van der Waals surface area (Å²) in [5.74, 6) is 0.492. The predicted molar refractivity (Wildman–Crippen MR) is 93.3 cm³/mol. The lowest BCUT2D eigenvalue weighted by Crippen LogP contribution is -2.42. The largest absolute Gasteiger partial charge is 0.494 e. The first kappa shape index (κ1) is 17.4. The predicted octanol–water partition coefficient (Wildman–Crippen LogP) is 2.45. The summed E-state index contributed by atoms with van der Waals surface area (Å²) in [6.07, 6.45) is 0.612. The fourth-order valence-corrected chi connectivity index (χ4v) is 2.82. The highest BCUT2D eigenvalue weighted by Gasteiger charge is 2.29. The lowest BCUT2D eigenvalue weighted by atomic mass is 10.0. The molecule has 3 rings (SSSR count). The summed E-state index contributed by atoms with van der Waals surface area (Å²) in [6, 6.07) is 13.6. The van der Waals surface area contributed by atoms with Gasteiger partial charge in [-0.25, -0.2) is 15.2 Å². The molecule has 0 aliphatic carbocycles. The van der Waals surface area contributed by atoms with Crippen LogP contribution in [0.25, 0.3) is 0 Å². The molecule has 1 heterocycles. The van der Waals surface area contributed by atoms with Crippen molar-refractivity contribution in [3.8, 4) is 5.75 Å². The monoisotopic (exact) mass is 343 g/mol. The van der Waals surface area contributed by atoms with E-state index in [1.165, 1.54) is 12.1 Å². The average molecular weight is 343 g/mol. The number of hydrazine groups is 1. The number of halogens is 1. The highest BCUT2D eigenvalue weighted by Crippen LogP contribution is 2.22. The molecule has 1 aliphatic heterocycles. The molecule has 132 valence electrons. The molecule has 25 heavy (non-hydrogen) atoms. The van der Waals surface area contributed by atoms with Gasteiger partial charge in [0.05, 0.1) is 6.61 Å². The number of rotatable bonds is 6. The second kappa shape index (κ2) is 8.09. The standard InChI is InChI=1S/C19H22FN3O2/c1-2-25-16-9-3-13(4-10-16)12-21-19(24)18-11-17(22-23-18)14-5-7-15(20)8-6-14/h3-10,17-18,22-23H,2,11-12H2,1H3,(H,21,24). The van der Waals surface area contributed by atoms with Crippen molar-refractivity contribution in [2.75, 3.05) is 6.61 Å². The maximum Gasteiger partial charge on any atom is 0.238 e. The third-order valence-electron chi connectivity index (χ3n) is 4.19. The number of ether oxygens (including phenoxy) is 1. The molecule has 3 N–H and O–H groups in total. The SMILES string of the molecule is CCOc1ccc(CNC(=O)C2CC(c3ccc(F)cc3)NN2)cc1. The van der Waals surface area contributed by atoms with E-state index in [-0.39, 0.29) is 23.8 Å². The molecule has 0 aromatic heterocycles.